The third-order valence-electron chi connectivity index (χ3n) is 4.21. The number of hydrogen-bond acceptors (Lipinski definition) is 5. The van der Waals surface area contributed by atoms with Crippen LogP contribution < -0.4 is 14.2 Å². The number of ether oxygens (including phenoxy) is 2. The van der Waals surface area contributed by atoms with Crippen molar-refractivity contribution in [3.05, 3.63) is 35.2 Å². The van der Waals surface area contributed by atoms with Crippen LogP contribution in [0.4, 0.5) is 0 Å². The van der Waals surface area contributed by atoms with Crippen LogP contribution in [0.3, 0.4) is 0 Å². The predicted octanol–water partition coefficient (Wildman–Crippen LogP) is 1.33. The summed E-state index contributed by atoms with van der Waals surface area (Å²) in [4.78, 5) is 0.237. The summed E-state index contributed by atoms with van der Waals surface area (Å²) in [5, 5.41) is 4.18. The fourth-order valence-electron chi connectivity index (χ4n) is 2.99. The lowest BCUT2D eigenvalue weighted by molar-refractivity contribution is 0.253. The Morgan fingerprint density at radius 2 is 2.12 bits per heavy atom. The van der Waals surface area contributed by atoms with E-state index in [9.17, 15) is 8.42 Å². The van der Waals surface area contributed by atoms with E-state index in [-0.39, 0.29) is 17.5 Å². The quantitative estimate of drug-likeness (QED) is 0.898. The average Bonchev–Trinajstić information content (AvgIpc) is 2.79. The summed E-state index contributed by atoms with van der Waals surface area (Å²) in [6.07, 6.45) is 0.546. The summed E-state index contributed by atoms with van der Waals surface area (Å²) in [6, 6.07) is 5.20. The SMILES string of the molecule is COc1ccc2c(c1)C[C@H](NS(=O)(=O)c1c(C)nn(C)c1C)CO2. The Labute approximate surface area is 141 Å². The second-order valence-electron chi connectivity index (χ2n) is 5.93. The maximum Gasteiger partial charge on any atom is 0.244 e. The van der Waals surface area contributed by atoms with Gasteiger partial charge in [-0.1, -0.05) is 0 Å². The molecule has 0 fully saturated rings. The molecule has 0 bridgehead atoms. The van der Waals surface area contributed by atoms with Crippen LogP contribution >= 0.6 is 0 Å². The molecule has 0 spiro atoms. The van der Waals surface area contributed by atoms with Crippen molar-refractivity contribution in [3.63, 3.8) is 0 Å². The van der Waals surface area contributed by atoms with Crippen molar-refractivity contribution in [3.8, 4) is 11.5 Å². The highest BCUT2D eigenvalue weighted by Gasteiger charge is 2.29. The zero-order chi connectivity index (χ0) is 17.5. The van der Waals surface area contributed by atoms with Crippen LogP contribution in [-0.2, 0) is 23.5 Å². The van der Waals surface area contributed by atoms with Crippen molar-refractivity contribution in [1.29, 1.82) is 0 Å². The van der Waals surface area contributed by atoms with Crippen LogP contribution in [-0.4, -0.2) is 38.0 Å². The van der Waals surface area contributed by atoms with Gasteiger partial charge in [0.25, 0.3) is 0 Å². The van der Waals surface area contributed by atoms with Crippen molar-refractivity contribution < 1.29 is 17.9 Å². The molecular formula is C16H21N3O4S. The number of fused-ring (bicyclic) bond motifs is 1. The van der Waals surface area contributed by atoms with E-state index in [1.807, 2.05) is 18.2 Å². The van der Waals surface area contributed by atoms with Crippen LogP contribution in [0.5, 0.6) is 11.5 Å². The molecule has 1 aliphatic heterocycles. The zero-order valence-corrected chi connectivity index (χ0v) is 15.0. The summed E-state index contributed by atoms with van der Waals surface area (Å²) in [5.41, 5.74) is 2.02. The van der Waals surface area contributed by atoms with Gasteiger partial charge in [0.15, 0.2) is 0 Å². The molecule has 24 heavy (non-hydrogen) atoms. The molecule has 3 rings (SSSR count). The van der Waals surface area contributed by atoms with Crippen molar-refractivity contribution in [2.24, 2.45) is 7.05 Å². The molecule has 1 aliphatic rings. The van der Waals surface area contributed by atoms with E-state index in [4.69, 9.17) is 9.47 Å². The highest BCUT2D eigenvalue weighted by atomic mass is 32.2. The molecule has 0 aliphatic carbocycles. The van der Waals surface area contributed by atoms with Crippen molar-refractivity contribution in [2.45, 2.75) is 31.2 Å². The van der Waals surface area contributed by atoms with Gasteiger partial charge in [0.05, 0.1) is 24.5 Å². The summed E-state index contributed by atoms with van der Waals surface area (Å²) in [5.74, 6) is 1.49. The van der Waals surface area contributed by atoms with Crippen LogP contribution in [0.15, 0.2) is 23.1 Å². The monoisotopic (exact) mass is 351 g/mol. The van der Waals surface area contributed by atoms with Gasteiger partial charge in [-0.05, 0) is 44.0 Å². The third kappa shape index (κ3) is 2.99. The van der Waals surface area contributed by atoms with Gasteiger partial charge in [0.1, 0.15) is 23.0 Å². The number of methoxy groups -OCH3 is 1. The lowest BCUT2D eigenvalue weighted by atomic mass is 10.0. The van der Waals surface area contributed by atoms with Gasteiger partial charge >= 0.3 is 0 Å². The first-order valence-corrected chi connectivity index (χ1v) is 9.12. The third-order valence-corrected chi connectivity index (χ3v) is 5.98. The van der Waals surface area contributed by atoms with E-state index in [1.54, 1.807) is 32.7 Å². The van der Waals surface area contributed by atoms with Crippen LogP contribution in [0.1, 0.15) is 17.0 Å². The molecular weight excluding hydrogens is 330 g/mol. The molecule has 0 unspecified atom stereocenters. The smallest absolute Gasteiger partial charge is 0.244 e. The maximum absolute atomic E-state index is 12.7. The molecule has 7 nitrogen and oxygen atoms in total. The lowest BCUT2D eigenvalue weighted by Crippen LogP contribution is -2.42. The average molecular weight is 351 g/mol. The number of aryl methyl sites for hydroxylation is 2. The first-order valence-electron chi connectivity index (χ1n) is 7.64. The minimum absolute atomic E-state index is 0.237. The first kappa shape index (κ1) is 16.8. The van der Waals surface area contributed by atoms with Gasteiger partial charge in [-0.25, -0.2) is 13.1 Å². The number of sulfonamides is 1. The second-order valence-corrected chi connectivity index (χ2v) is 7.58. The summed E-state index contributed by atoms with van der Waals surface area (Å²) in [7, 11) is -0.337. The maximum atomic E-state index is 12.7. The lowest BCUT2D eigenvalue weighted by Gasteiger charge is -2.26. The van der Waals surface area contributed by atoms with E-state index in [0.29, 0.717) is 17.8 Å². The standard InChI is InChI=1S/C16H21N3O4S/c1-10-16(11(2)19(3)17-10)24(20,21)18-13-7-12-8-14(22-4)5-6-15(12)23-9-13/h5-6,8,13,18H,7,9H2,1-4H3/t13-/m0/s1. The Bertz CT molecular complexity index is 874. The normalized spacial score (nSPS) is 17.2. The number of nitrogens with one attached hydrogen (secondary N) is 1. The molecule has 0 saturated carbocycles. The zero-order valence-electron chi connectivity index (χ0n) is 14.2. The summed E-state index contributed by atoms with van der Waals surface area (Å²) < 4.78 is 40.7. The molecule has 0 radical (unpaired) electrons. The minimum atomic E-state index is -3.66. The molecule has 1 aromatic heterocycles. The van der Waals surface area contributed by atoms with E-state index >= 15 is 0 Å². The number of hydrogen-bond donors (Lipinski definition) is 1. The Hall–Kier alpha value is -2.06. The molecule has 1 atom stereocenters. The van der Waals surface area contributed by atoms with Crippen LogP contribution in [0.2, 0.25) is 0 Å². The van der Waals surface area contributed by atoms with Crippen LogP contribution in [0.25, 0.3) is 0 Å². The summed E-state index contributed by atoms with van der Waals surface area (Å²) >= 11 is 0. The van der Waals surface area contributed by atoms with Crippen molar-refractivity contribution in [1.82, 2.24) is 14.5 Å². The van der Waals surface area contributed by atoms with Gasteiger partial charge < -0.3 is 9.47 Å². The molecule has 0 saturated heterocycles. The molecule has 1 aromatic carbocycles. The van der Waals surface area contributed by atoms with Gasteiger partial charge in [-0.3, -0.25) is 4.68 Å². The topological polar surface area (TPSA) is 82.5 Å². The van der Waals surface area contributed by atoms with Gasteiger partial charge in [-0.2, -0.15) is 5.10 Å². The molecule has 2 aromatic rings. The Balaban J connectivity index is 1.84. The molecule has 2 heterocycles. The number of aromatic nitrogens is 2. The molecule has 130 valence electrons. The largest absolute Gasteiger partial charge is 0.497 e. The molecule has 8 heteroatoms. The van der Waals surface area contributed by atoms with Crippen molar-refractivity contribution in [2.75, 3.05) is 13.7 Å². The van der Waals surface area contributed by atoms with Gasteiger partial charge in [0, 0.05) is 7.05 Å². The highest BCUT2D eigenvalue weighted by molar-refractivity contribution is 7.89. The first-order chi connectivity index (χ1) is 11.3. The fraction of sp³-hybridized carbons (Fsp3) is 0.438. The van der Waals surface area contributed by atoms with Gasteiger partial charge in [-0.15, -0.1) is 0 Å². The van der Waals surface area contributed by atoms with Crippen LogP contribution in [0, 0.1) is 13.8 Å². The van der Waals surface area contributed by atoms with E-state index < -0.39 is 10.0 Å². The predicted molar refractivity (Wildman–Crippen MR) is 89.0 cm³/mol. The molecule has 1 N–H and O–H groups in total. The second kappa shape index (κ2) is 6.10. The summed E-state index contributed by atoms with van der Waals surface area (Å²) in [6.45, 7) is 3.72. The van der Waals surface area contributed by atoms with E-state index in [2.05, 4.69) is 9.82 Å². The van der Waals surface area contributed by atoms with Crippen molar-refractivity contribution >= 4 is 10.0 Å². The minimum Gasteiger partial charge on any atom is -0.497 e. The highest BCUT2D eigenvalue weighted by Crippen LogP contribution is 2.29. The molecule has 0 amide bonds. The van der Waals surface area contributed by atoms with E-state index in [0.717, 1.165) is 17.1 Å². The Morgan fingerprint density at radius 1 is 1.38 bits per heavy atom. The Kier molecular flexibility index (Phi) is 4.27. The number of nitrogens with zero attached hydrogens (tertiary/aromatic N) is 2. The fourth-order valence-corrected chi connectivity index (χ4v) is 4.65. The van der Waals surface area contributed by atoms with Gasteiger partial charge in [0.2, 0.25) is 10.0 Å². The Morgan fingerprint density at radius 3 is 2.75 bits per heavy atom. The number of benzene rings is 1. The number of rotatable bonds is 4. The van der Waals surface area contributed by atoms with E-state index in [1.165, 1.54) is 0 Å².